The molecule has 3 aromatic rings. The van der Waals surface area contributed by atoms with Crippen LogP contribution in [0.25, 0.3) is 10.8 Å². The molecule has 5 nitrogen and oxygen atoms in total. The van der Waals surface area contributed by atoms with E-state index >= 15 is 0 Å². The fourth-order valence-electron chi connectivity index (χ4n) is 2.98. The lowest BCUT2D eigenvalue weighted by Gasteiger charge is -2.21. The summed E-state index contributed by atoms with van der Waals surface area (Å²) in [6.07, 6.45) is 3.23. The lowest BCUT2D eigenvalue weighted by Crippen LogP contribution is -2.35. The average molecular weight is 335 g/mol. The maximum atomic E-state index is 12.8. The fraction of sp³-hybridized carbons (Fsp3) is 0.200. The molecule has 0 spiro atoms. The smallest absolute Gasteiger partial charge is 0.227 e. The first-order chi connectivity index (χ1) is 12.2. The number of nitrogens with zero attached hydrogens (tertiary/aromatic N) is 1. The minimum atomic E-state index is 0.00889. The van der Waals surface area contributed by atoms with E-state index in [4.69, 9.17) is 15.6 Å². The quantitative estimate of drug-likeness (QED) is 0.651. The Morgan fingerprint density at radius 3 is 2.60 bits per heavy atom. The van der Waals surface area contributed by atoms with Crippen molar-refractivity contribution in [2.75, 3.05) is 13.1 Å². The molecule has 0 aliphatic rings. The summed E-state index contributed by atoms with van der Waals surface area (Å²) in [5.41, 5.74) is 7.47. The Morgan fingerprint density at radius 1 is 1.12 bits per heavy atom. The highest BCUT2D eigenvalue weighted by Gasteiger charge is 2.16. The van der Waals surface area contributed by atoms with Gasteiger partial charge in [0.1, 0.15) is 5.76 Å². The van der Waals surface area contributed by atoms with E-state index in [2.05, 4.69) is 0 Å². The summed E-state index contributed by atoms with van der Waals surface area (Å²) in [5.74, 6) is 0.750. The third-order valence-corrected chi connectivity index (χ3v) is 4.22. The molecule has 128 valence electrons. The van der Waals surface area contributed by atoms with Crippen molar-refractivity contribution in [3.8, 4) is 0 Å². The van der Waals surface area contributed by atoms with Crippen molar-refractivity contribution >= 4 is 22.9 Å². The Labute approximate surface area is 146 Å². The van der Waals surface area contributed by atoms with Gasteiger partial charge in [-0.1, -0.05) is 36.4 Å². The molecule has 0 bridgehead atoms. The molecule has 0 aliphatic heterocycles. The third-order valence-electron chi connectivity index (χ3n) is 4.22. The number of hydrogen-bond donors (Lipinski definition) is 2. The molecule has 3 N–H and O–H groups in total. The minimum absolute atomic E-state index is 0.00889. The molecule has 0 aliphatic carbocycles. The molecule has 1 heterocycles. The van der Waals surface area contributed by atoms with E-state index < -0.39 is 0 Å². The van der Waals surface area contributed by atoms with E-state index in [1.807, 2.05) is 48.5 Å². The fourth-order valence-corrected chi connectivity index (χ4v) is 2.98. The monoisotopic (exact) mass is 335 g/mol. The van der Waals surface area contributed by atoms with Gasteiger partial charge in [-0.15, -0.1) is 0 Å². The number of nitrogens with one attached hydrogen (secondary N) is 1. The van der Waals surface area contributed by atoms with Gasteiger partial charge >= 0.3 is 0 Å². The van der Waals surface area contributed by atoms with Crippen molar-refractivity contribution < 1.29 is 9.21 Å². The van der Waals surface area contributed by atoms with Crippen molar-refractivity contribution in [1.82, 2.24) is 4.90 Å². The van der Waals surface area contributed by atoms with E-state index in [1.54, 1.807) is 11.2 Å². The zero-order valence-corrected chi connectivity index (χ0v) is 13.9. The third kappa shape index (κ3) is 3.78. The van der Waals surface area contributed by atoms with E-state index in [0.717, 1.165) is 27.7 Å². The molecule has 1 aromatic heterocycles. The highest BCUT2D eigenvalue weighted by molar-refractivity contribution is 6.01. The zero-order chi connectivity index (χ0) is 17.6. The number of fused-ring (bicyclic) bond motifs is 1. The standard InChI is InChI=1S/C20H21N3O2/c21-9-10-23(14-17-4-3-11-25-17)20(24)12-15-7-8-16(13-22)19-6-2-1-5-18(15)19/h1-8,11,13,22H,9-10,12,14,21H2. The number of amides is 1. The number of furan rings is 1. The number of benzene rings is 2. The summed E-state index contributed by atoms with van der Waals surface area (Å²) in [5, 5.41) is 9.53. The first kappa shape index (κ1) is 16.9. The summed E-state index contributed by atoms with van der Waals surface area (Å²) < 4.78 is 5.35. The van der Waals surface area contributed by atoms with Gasteiger partial charge in [0.25, 0.3) is 0 Å². The predicted molar refractivity (Wildman–Crippen MR) is 98.7 cm³/mol. The molecule has 1 amide bonds. The summed E-state index contributed by atoms with van der Waals surface area (Å²) in [4.78, 5) is 14.5. The van der Waals surface area contributed by atoms with E-state index in [9.17, 15) is 4.79 Å². The molecule has 3 rings (SSSR count). The maximum absolute atomic E-state index is 12.8. The van der Waals surface area contributed by atoms with Crippen molar-refractivity contribution in [3.63, 3.8) is 0 Å². The van der Waals surface area contributed by atoms with Crippen molar-refractivity contribution in [3.05, 3.63) is 71.7 Å². The molecule has 0 atom stereocenters. The lowest BCUT2D eigenvalue weighted by molar-refractivity contribution is -0.131. The Hall–Kier alpha value is -2.92. The van der Waals surface area contributed by atoms with Gasteiger partial charge < -0.3 is 20.5 Å². The van der Waals surface area contributed by atoms with Gasteiger partial charge in [-0.25, -0.2) is 0 Å². The Kier molecular flexibility index (Phi) is 5.26. The van der Waals surface area contributed by atoms with Crippen LogP contribution in [0, 0.1) is 5.41 Å². The number of carbonyl (C=O) groups is 1. The van der Waals surface area contributed by atoms with Gasteiger partial charge in [-0.2, -0.15) is 0 Å². The second-order valence-corrected chi connectivity index (χ2v) is 5.86. The van der Waals surface area contributed by atoms with Crippen LogP contribution in [0.2, 0.25) is 0 Å². The van der Waals surface area contributed by atoms with Crippen LogP contribution in [-0.2, 0) is 17.8 Å². The lowest BCUT2D eigenvalue weighted by atomic mass is 9.98. The highest BCUT2D eigenvalue weighted by Crippen LogP contribution is 2.23. The molecule has 0 radical (unpaired) electrons. The topological polar surface area (TPSA) is 83.3 Å². The van der Waals surface area contributed by atoms with Gasteiger partial charge in [0, 0.05) is 19.3 Å². The first-order valence-corrected chi connectivity index (χ1v) is 8.24. The van der Waals surface area contributed by atoms with Gasteiger partial charge in [0.15, 0.2) is 0 Å². The summed E-state index contributed by atoms with van der Waals surface area (Å²) in [7, 11) is 0. The van der Waals surface area contributed by atoms with E-state index in [0.29, 0.717) is 26.1 Å². The van der Waals surface area contributed by atoms with Crippen LogP contribution < -0.4 is 5.73 Å². The van der Waals surface area contributed by atoms with Gasteiger partial charge in [-0.3, -0.25) is 4.79 Å². The maximum Gasteiger partial charge on any atom is 0.227 e. The summed E-state index contributed by atoms with van der Waals surface area (Å²) in [6, 6.07) is 15.3. The Bertz CT molecular complexity index is 872. The number of rotatable bonds is 7. The number of nitrogens with two attached hydrogens (primary N) is 1. The molecule has 0 saturated heterocycles. The van der Waals surface area contributed by atoms with Crippen molar-refractivity contribution in [2.24, 2.45) is 5.73 Å². The van der Waals surface area contributed by atoms with Crippen LogP contribution >= 0.6 is 0 Å². The van der Waals surface area contributed by atoms with Gasteiger partial charge in [0.2, 0.25) is 5.91 Å². The minimum Gasteiger partial charge on any atom is -0.467 e. The zero-order valence-electron chi connectivity index (χ0n) is 13.9. The van der Waals surface area contributed by atoms with Crippen LogP contribution in [-0.4, -0.2) is 30.1 Å². The van der Waals surface area contributed by atoms with Crippen LogP contribution in [0.4, 0.5) is 0 Å². The molecular formula is C20H21N3O2. The number of hydrogen-bond acceptors (Lipinski definition) is 4. The van der Waals surface area contributed by atoms with Crippen LogP contribution in [0.1, 0.15) is 16.9 Å². The Morgan fingerprint density at radius 2 is 1.92 bits per heavy atom. The normalized spacial score (nSPS) is 10.8. The first-order valence-electron chi connectivity index (χ1n) is 8.24. The van der Waals surface area contributed by atoms with E-state index in [1.165, 1.54) is 6.21 Å². The van der Waals surface area contributed by atoms with Crippen molar-refractivity contribution in [1.29, 1.82) is 5.41 Å². The molecule has 5 heteroatoms. The van der Waals surface area contributed by atoms with Gasteiger partial charge in [0.05, 0.1) is 19.2 Å². The summed E-state index contributed by atoms with van der Waals surface area (Å²) in [6.45, 7) is 1.30. The molecule has 0 unspecified atom stereocenters. The second-order valence-electron chi connectivity index (χ2n) is 5.86. The second kappa shape index (κ2) is 7.77. The predicted octanol–water partition coefficient (Wildman–Crippen LogP) is 2.96. The summed E-state index contributed by atoms with van der Waals surface area (Å²) >= 11 is 0. The molecule has 2 aromatic carbocycles. The van der Waals surface area contributed by atoms with Crippen LogP contribution in [0.5, 0.6) is 0 Å². The molecular weight excluding hydrogens is 314 g/mol. The number of carbonyl (C=O) groups excluding carboxylic acids is 1. The van der Waals surface area contributed by atoms with Crippen molar-refractivity contribution in [2.45, 2.75) is 13.0 Å². The van der Waals surface area contributed by atoms with E-state index in [-0.39, 0.29) is 5.91 Å². The molecule has 0 saturated carbocycles. The average Bonchev–Trinajstić information content (AvgIpc) is 3.15. The van der Waals surface area contributed by atoms with Crippen LogP contribution in [0.3, 0.4) is 0 Å². The highest BCUT2D eigenvalue weighted by atomic mass is 16.3. The Balaban J connectivity index is 1.86. The van der Waals surface area contributed by atoms with Crippen LogP contribution in [0.15, 0.2) is 59.2 Å². The van der Waals surface area contributed by atoms with Gasteiger partial charge in [-0.05, 0) is 34.0 Å². The molecule has 25 heavy (non-hydrogen) atoms. The molecule has 0 fully saturated rings. The largest absolute Gasteiger partial charge is 0.467 e. The SMILES string of the molecule is N=Cc1ccc(CC(=O)N(CCN)Cc2ccco2)c2ccccc12.